The van der Waals surface area contributed by atoms with Crippen molar-refractivity contribution >= 4 is 5.91 Å². The molecule has 0 aliphatic rings. The number of hydrogen-bond acceptors (Lipinski definition) is 5. The van der Waals surface area contributed by atoms with E-state index in [0.717, 1.165) is 32.2 Å². The van der Waals surface area contributed by atoms with Gasteiger partial charge in [-0.05, 0) is 38.9 Å². The van der Waals surface area contributed by atoms with Crippen molar-refractivity contribution in [2.45, 2.75) is 64.3 Å². The van der Waals surface area contributed by atoms with Gasteiger partial charge in [-0.2, -0.15) is 0 Å². The van der Waals surface area contributed by atoms with Crippen LogP contribution >= 0.6 is 0 Å². The normalized spacial score (nSPS) is 12.3. The summed E-state index contributed by atoms with van der Waals surface area (Å²) in [5.74, 6) is 0.116. The van der Waals surface area contributed by atoms with Crippen LogP contribution < -0.4 is 10.6 Å². The lowest BCUT2D eigenvalue weighted by Crippen LogP contribution is -2.40. The van der Waals surface area contributed by atoms with Crippen LogP contribution in [0.2, 0.25) is 0 Å². The summed E-state index contributed by atoms with van der Waals surface area (Å²) in [6, 6.07) is 10.4. The summed E-state index contributed by atoms with van der Waals surface area (Å²) in [5.41, 5.74) is 1.31. The third kappa shape index (κ3) is 15.4. The number of amides is 1. The van der Waals surface area contributed by atoms with Crippen LogP contribution in [0.4, 0.5) is 0 Å². The molecule has 6 heteroatoms. The van der Waals surface area contributed by atoms with Crippen molar-refractivity contribution < 1.29 is 14.3 Å². The molecule has 0 radical (unpaired) electrons. The van der Waals surface area contributed by atoms with E-state index >= 15 is 0 Å². The maximum atomic E-state index is 12.3. The summed E-state index contributed by atoms with van der Waals surface area (Å²) in [6.07, 6.45) is 8.07. The minimum atomic E-state index is -0.0220. The van der Waals surface area contributed by atoms with E-state index in [2.05, 4.69) is 41.8 Å². The molecule has 0 unspecified atom stereocenters. The maximum Gasteiger partial charge on any atom is 0.220 e. The van der Waals surface area contributed by atoms with Crippen molar-refractivity contribution in [3.05, 3.63) is 35.9 Å². The number of ether oxygens (including phenoxy) is 2. The number of rotatable bonds is 19. The number of unbranched alkanes of at least 4 members (excludes halogenated alkanes) is 4. The zero-order chi connectivity index (χ0) is 21.9. The standard InChI is InChI=1S/C24H43N3O3/c1-4-5-6-7-11-14-24(28)26-23(16-18-29-21-27(2)3)19-30-20-25-17-15-22-12-9-8-10-13-22/h8-10,12-13,23,25H,4-7,11,14-21H2,1-3H3,(H,26,28)/t23-/m1/s1. The van der Waals surface area contributed by atoms with Crippen molar-refractivity contribution in [2.24, 2.45) is 0 Å². The van der Waals surface area contributed by atoms with E-state index in [-0.39, 0.29) is 11.9 Å². The van der Waals surface area contributed by atoms with Crippen LogP contribution in [0.25, 0.3) is 0 Å². The molecule has 1 aromatic carbocycles. The van der Waals surface area contributed by atoms with Gasteiger partial charge in [-0.15, -0.1) is 0 Å². The highest BCUT2D eigenvalue weighted by atomic mass is 16.5. The van der Waals surface area contributed by atoms with Gasteiger partial charge >= 0.3 is 0 Å². The molecule has 0 saturated carbocycles. The summed E-state index contributed by atoms with van der Waals surface area (Å²) in [5, 5.41) is 6.43. The minimum absolute atomic E-state index is 0.0220. The van der Waals surface area contributed by atoms with Gasteiger partial charge in [0, 0.05) is 13.0 Å². The monoisotopic (exact) mass is 421 g/mol. The van der Waals surface area contributed by atoms with E-state index in [9.17, 15) is 4.79 Å². The SMILES string of the molecule is CCCCCCCC(=O)N[C@H](CCOCN(C)C)COCNCCc1ccccc1. The fourth-order valence-electron chi connectivity index (χ4n) is 3.08. The molecule has 1 atom stereocenters. The Bertz CT molecular complexity index is 526. The van der Waals surface area contributed by atoms with Crippen LogP contribution in [0, 0.1) is 0 Å². The summed E-state index contributed by atoms with van der Waals surface area (Å²) < 4.78 is 11.4. The van der Waals surface area contributed by atoms with Crippen molar-refractivity contribution in [3.8, 4) is 0 Å². The molecule has 1 amide bonds. The molecular weight excluding hydrogens is 378 g/mol. The molecule has 0 saturated heterocycles. The molecule has 2 N–H and O–H groups in total. The Balaban J connectivity index is 2.23. The zero-order valence-corrected chi connectivity index (χ0v) is 19.3. The van der Waals surface area contributed by atoms with Crippen LogP contribution in [0.1, 0.15) is 57.4 Å². The Morgan fingerprint density at radius 3 is 2.57 bits per heavy atom. The van der Waals surface area contributed by atoms with Gasteiger partial charge in [0.25, 0.3) is 0 Å². The highest BCUT2D eigenvalue weighted by molar-refractivity contribution is 5.76. The molecule has 1 rings (SSSR count). The lowest BCUT2D eigenvalue weighted by atomic mass is 10.1. The number of carbonyl (C=O) groups is 1. The van der Waals surface area contributed by atoms with E-state index in [4.69, 9.17) is 9.47 Å². The number of hydrogen-bond donors (Lipinski definition) is 2. The number of nitrogens with one attached hydrogen (secondary N) is 2. The van der Waals surface area contributed by atoms with Crippen molar-refractivity contribution in [2.75, 3.05) is 47.3 Å². The summed E-state index contributed by atoms with van der Waals surface area (Å²) in [6.45, 7) is 5.22. The first-order valence-corrected chi connectivity index (χ1v) is 11.5. The smallest absolute Gasteiger partial charge is 0.220 e. The van der Waals surface area contributed by atoms with E-state index in [1.54, 1.807) is 0 Å². The quantitative estimate of drug-likeness (QED) is 0.264. The predicted molar refractivity (Wildman–Crippen MR) is 123 cm³/mol. The molecule has 30 heavy (non-hydrogen) atoms. The van der Waals surface area contributed by atoms with Crippen LogP contribution in [-0.4, -0.2) is 64.2 Å². The van der Waals surface area contributed by atoms with Crippen molar-refractivity contribution in [1.82, 2.24) is 15.5 Å². The molecule has 6 nitrogen and oxygen atoms in total. The Labute approximate surface area is 183 Å². The van der Waals surface area contributed by atoms with Crippen molar-refractivity contribution in [3.63, 3.8) is 0 Å². The van der Waals surface area contributed by atoms with E-state index in [1.165, 1.54) is 24.8 Å². The number of carbonyl (C=O) groups excluding carboxylic acids is 1. The van der Waals surface area contributed by atoms with Gasteiger partial charge in [-0.3, -0.25) is 15.0 Å². The highest BCUT2D eigenvalue weighted by Gasteiger charge is 2.13. The second kappa shape index (κ2) is 18.3. The van der Waals surface area contributed by atoms with E-state index < -0.39 is 0 Å². The summed E-state index contributed by atoms with van der Waals surface area (Å²) in [7, 11) is 3.95. The lowest BCUT2D eigenvalue weighted by Gasteiger charge is -2.20. The van der Waals surface area contributed by atoms with Gasteiger partial charge in [0.05, 0.1) is 32.7 Å². The van der Waals surface area contributed by atoms with Gasteiger partial charge in [-0.1, -0.05) is 62.9 Å². The highest BCUT2D eigenvalue weighted by Crippen LogP contribution is 2.05. The Hall–Kier alpha value is -1.47. The predicted octanol–water partition coefficient (Wildman–Crippen LogP) is 3.56. The van der Waals surface area contributed by atoms with Gasteiger partial charge in [0.1, 0.15) is 0 Å². The minimum Gasteiger partial charge on any atom is -0.366 e. The molecule has 0 aliphatic heterocycles. The fraction of sp³-hybridized carbons (Fsp3) is 0.708. The average Bonchev–Trinajstić information content (AvgIpc) is 2.73. The Kier molecular flexibility index (Phi) is 16.2. The molecule has 0 bridgehead atoms. The molecule has 0 fully saturated rings. The fourth-order valence-corrected chi connectivity index (χ4v) is 3.08. The lowest BCUT2D eigenvalue weighted by molar-refractivity contribution is -0.122. The Morgan fingerprint density at radius 2 is 1.83 bits per heavy atom. The third-order valence-corrected chi connectivity index (χ3v) is 4.79. The molecule has 172 valence electrons. The average molecular weight is 422 g/mol. The Morgan fingerprint density at radius 1 is 1.07 bits per heavy atom. The summed E-state index contributed by atoms with van der Waals surface area (Å²) in [4.78, 5) is 14.3. The second-order valence-electron chi connectivity index (χ2n) is 8.09. The molecule has 0 spiro atoms. The zero-order valence-electron chi connectivity index (χ0n) is 19.3. The van der Waals surface area contributed by atoms with Gasteiger partial charge in [0.15, 0.2) is 0 Å². The first kappa shape index (κ1) is 26.6. The largest absolute Gasteiger partial charge is 0.366 e. The number of benzene rings is 1. The molecule has 0 aliphatic carbocycles. The van der Waals surface area contributed by atoms with Gasteiger partial charge < -0.3 is 14.8 Å². The summed E-state index contributed by atoms with van der Waals surface area (Å²) >= 11 is 0. The molecule has 0 aromatic heterocycles. The molecule has 0 heterocycles. The van der Waals surface area contributed by atoms with Crippen LogP contribution in [-0.2, 0) is 20.7 Å². The molecular formula is C24H43N3O3. The topological polar surface area (TPSA) is 62.8 Å². The van der Waals surface area contributed by atoms with Crippen LogP contribution in [0.15, 0.2) is 30.3 Å². The van der Waals surface area contributed by atoms with Crippen LogP contribution in [0.3, 0.4) is 0 Å². The first-order chi connectivity index (χ1) is 14.6. The second-order valence-corrected chi connectivity index (χ2v) is 8.09. The van der Waals surface area contributed by atoms with E-state index in [1.807, 2.05) is 25.1 Å². The number of nitrogens with zero attached hydrogens (tertiary/aromatic N) is 1. The third-order valence-electron chi connectivity index (χ3n) is 4.79. The van der Waals surface area contributed by atoms with Crippen LogP contribution in [0.5, 0.6) is 0 Å². The maximum absolute atomic E-state index is 12.3. The first-order valence-electron chi connectivity index (χ1n) is 11.5. The van der Waals surface area contributed by atoms with Gasteiger partial charge in [-0.25, -0.2) is 0 Å². The van der Waals surface area contributed by atoms with E-state index in [0.29, 0.717) is 33.1 Å². The van der Waals surface area contributed by atoms with Gasteiger partial charge in [0.2, 0.25) is 5.91 Å². The molecule has 1 aromatic rings. The van der Waals surface area contributed by atoms with Crippen molar-refractivity contribution in [1.29, 1.82) is 0 Å².